The molecule has 0 saturated carbocycles. The zero-order chi connectivity index (χ0) is 17.7. The molecule has 0 fully saturated rings. The smallest absolute Gasteiger partial charge is 0.264 e. The van der Waals surface area contributed by atoms with Crippen LogP contribution in [0.1, 0.15) is 11.4 Å². The number of aromatic nitrogens is 6. The van der Waals surface area contributed by atoms with Gasteiger partial charge in [-0.25, -0.2) is 0 Å². The van der Waals surface area contributed by atoms with Crippen LogP contribution in [0.4, 0.5) is 0 Å². The van der Waals surface area contributed by atoms with Gasteiger partial charge in [0.1, 0.15) is 11.5 Å². The summed E-state index contributed by atoms with van der Waals surface area (Å²) in [5.74, 6) is 1.28. The van der Waals surface area contributed by atoms with Crippen LogP contribution in [-0.2, 0) is 6.54 Å². The van der Waals surface area contributed by atoms with Crippen molar-refractivity contribution in [2.45, 2.75) is 13.5 Å². The molecular weight excluding hydrogens is 352 g/mol. The van der Waals surface area contributed by atoms with Gasteiger partial charge in [0.2, 0.25) is 6.39 Å². The standard InChI is InChI=1S/C18H13ClN6O/c1-11-21-22-17-6-5-14-15(25(11)17)8-16(18-23-20-10-26-18)24(14)9-12-3-2-4-13(19)7-12/h2-8,10H,9H2,1H3. The number of pyridine rings is 1. The van der Waals surface area contributed by atoms with E-state index in [-0.39, 0.29) is 0 Å². The van der Waals surface area contributed by atoms with Gasteiger partial charge in [0.25, 0.3) is 5.89 Å². The monoisotopic (exact) mass is 364 g/mol. The van der Waals surface area contributed by atoms with Crippen molar-refractivity contribution >= 4 is 28.3 Å². The summed E-state index contributed by atoms with van der Waals surface area (Å²) in [7, 11) is 0. The fourth-order valence-electron chi connectivity index (χ4n) is 3.29. The van der Waals surface area contributed by atoms with Crippen LogP contribution in [0.15, 0.2) is 53.3 Å². The maximum absolute atomic E-state index is 6.16. The molecule has 1 aromatic carbocycles. The van der Waals surface area contributed by atoms with Gasteiger partial charge in [0, 0.05) is 11.6 Å². The molecule has 5 rings (SSSR count). The lowest BCUT2D eigenvalue weighted by atomic mass is 10.2. The average molecular weight is 365 g/mol. The first-order valence-electron chi connectivity index (χ1n) is 8.06. The molecule has 0 atom stereocenters. The Morgan fingerprint density at radius 1 is 1.04 bits per heavy atom. The zero-order valence-corrected chi connectivity index (χ0v) is 14.6. The number of nitrogens with zero attached hydrogens (tertiary/aromatic N) is 6. The zero-order valence-electron chi connectivity index (χ0n) is 13.8. The topological polar surface area (TPSA) is 74.0 Å². The second-order valence-corrected chi connectivity index (χ2v) is 6.47. The van der Waals surface area contributed by atoms with E-state index < -0.39 is 0 Å². The first-order valence-corrected chi connectivity index (χ1v) is 8.43. The largest absolute Gasteiger partial charge is 0.422 e. The summed E-state index contributed by atoms with van der Waals surface area (Å²) in [4.78, 5) is 0. The number of halogens is 1. The summed E-state index contributed by atoms with van der Waals surface area (Å²) in [6.07, 6.45) is 1.33. The fourth-order valence-corrected chi connectivity index (χ4v) is 3.50. The summed E-state index contributed by atoms with van der Waals surface area (Å²) in [6.45, 7) is 2.55. The summed E-state index contributed by atoms with van der Waals surface area (Å²) in [6, 6.07) is 13.8. The number of aryl methyl sites for hydroxylation is 1. The van der Waals surface area contributed by atoms with E-state index in [1.54, 1.807) is 0 Å². The van der Waals surface area contributed by atoms with Crippen LogP contribution in [0.5, 0.6) is 0 Å². The van der Waals surface area contributed by atoms with Crippen LogP contribution in [0, 0.1) is 6.92 Å². The van der Waals surface area contributed by atoms with Crippen molar-refractivity contribution in [1.82, 2.24) is 29.4 Å². The molecule has 0 aliphatic carbocycles. The molecule has 0 saturated heterocycles. The predicted octanol–water partition coefficient (Wildman–Crippen LogP) is 3.74. The summed E-state index contributed by atoms with van der Waals surface area (Å²) < 4.78 is 9.62. The van der Waals surface area contributed by atoms with Crippen molar-refractivity contribution in [1.29, 1.82) is 0 Å². The highest BCUT2D eigenvalue weighted by Crippen LogP contribution is 2.29. The number of hydrogen-bond donors (Lipinski definition) is 0. The van der Waals surface area contributed by atoms with Gasteiger partial charge in [-0.1, -0.05) is 23.7 Å². The van der Waals surface area contributed by atoms with Crippen LogP contribution < -0.4 is 0 Å². The van der Waals surface area contributed by atoms with Crippen molar-refractivity contribution in [3.05, 3.63) is 65.3 Å². The van der Waals surface area contributed by atoms with Gasteiger partial charge in [-0.2, -0.15) is 0 Å². The van der Waals surface area contributed by atoms with Crippen molar-refractivity contribution in [3.8, 4) is 11.6 Å². The van der Waals surface area contributed by atoms with Crippen LogP contribution >= 0.6 is 11.6 Å². The average Bonchev–Trinajstić information content (AvgIpc) is 3.34. The number of benzene rings is 1. The van der Waals surface area contributed by atoms with Crippen LogP contribution in [-0.4, -0.2) is 29.4 Å². The molecule has 128 valence electrons. The molecule has 4 heterocycles. The van der Waals surface area contributed by atoms with E-state index in [2.05, 4.69) is 25.0 Å². The Morgan fingerprint density at radius 2 is 1.96 bits per heavy atom. The van der Waals surface area contributed by atoms with Gasteiger partial charge in [-0.3, -0.25) is 4.40 Å². The molecule has 26 heavy (non-hydrogen) atoms. The fraction of sp³-hybridized carbons (Fsp3) is 0.111. The van der Waals surface area contributed by atoms with Crippen molar-refractivity contribution in [2.24, 2.45) is 0 Å². The molecule has 0 amide bonds. The van der Waals surface area contributed by atoms with Gasteiger partial charge in [-0.15, -0.1) is 20.4 Å². The summed E-state index contributed by atoms with van der Waals surface area (Å²) in [5, 5.41) is 17.0. The molecule has 7 nitrogen and oxygen atoms in total. The molecule has 0 unspecified atom stereocenters. The first kappa shape index (κ1) is 15.1. The van der Waals surface area contributed by atoms with Crippen LogP contribution in [0.3, 0.4) is 0 Å². The van der Waals surface area contributed by atoms with E-state index in [0.717, 1.165) is 33.8 Å². The molecule has 8 heteroatoms. The lowest BCUT2D eigenvalue weighted by Crippen LogP contribution is -2.02. The third-order valence-electron chi connectivity index (χ3n) is 4.41. The van der Waals surface area contributed by atoms with Gasteiger partial charge in [-0.05, 0) is 42.8 Å². The maximum atomic E-state index is 6.16. The maximum Gasteiger partial charge on any atom is 0.264 e. The summed E-state index contributed by atoms with van der Waals surface area (Å²) >= 11 is 6.16. The minimum absolute atomic E-state index is 0.460. The third-order valence-corrected chi connectivity index (χ3v) is 4.64. The minimum atomic E-state index is 0.460. The number of fused-ring (bicyclic) bond motifs is 3. The van der Waals surface area contributed by atoms with Gasteiger partial charge < -0.3 is 8.98 Å². The van der Waals surface area contributed by atoms with Crippen molar-refractivity contribution in [3.63, 3.8) is 0 Å². The highest BCUT2D eigenvalue weighted by atomic mass is 35.5. The van der Waals surface area contributed by atoms with Crippen molar-refractivity contribution < 1.29 is 4.42 Å². The molecule has 0 N–H and O–H groups in total. The lowest BCUT2D eigenvalue weighted by Gasteiger charge is -2.09. The third kappa shape index (κ3) is 2.28. The Kier molecular flexibility index (Phi) is 3.29. The SMILES string of the molecule is Cc1nnc2ccc3c(cc(-c4nnco4)n3Cc3cccc(Cl)c3)n12. The summed E-state index contributed by atoms with van der Waals surface area (Å²) in [5.41, 5.74) is 4.72. The minimum Gasteiger partial charge on any atom is -0.422 e. The van der Waals surface area contributed by atoms with E-state index in [4.69, 9.17) is 16.0 Å². The Hall–Kier alpha value is -3.19. The van der Waals surface area contributed by atoms with Crippen molar-refractivity contribution in [2.75, 3.05) is 0 Å². The Labute approximate surface area is 152 Å². The molecular formula is C18H13ClN6O. The molecule has 4 aromatic heterocycles. The predicted molar refractivity (Wildman–Crippen MR) is 97.1 cm³/mol. The molecule has 5 aromatic rings. The van der Waals surface area contributed by atoms with Gasteiger partial charge >= 0.3 is 0 Å². The van der Waals surface area contributed by atoms with E-state index in [0.29, 0.717) is 17.5 Å². The van der Waals surface area contributed by atoms with Crippen LogP contribution in [0.2, 0.25) is 5.02 Å². The van der Waals surface area contributed by atoms with E-state index in [1.807, 2.05) is 53.8 Å². The van der Waals surface area contributed by atoms with E-state index in [9.17, 15) is 0 Å². The Bertz CT molecular complexity index is 1240. The Balaban J connectivity index is 1.80. The Morgan fingerprint density at radius 3 is 2.77 bits per heavy atom. The molecule has 0 aliphatic rings. The molecule has 0 radical (unpaired) electrons. The number of hydrogen-bond acceptors (Lipinski definition) is 5. The molecule has 0 aliphatic heterocycles. The van der Waals surface area contributed by atoms with E-state index in [1.165, 1.54) is 6.39 Å². The van der Waals surface area contributed by atoms with Crippen LogP contribution in [0.25, 0.3) is 28.3 Å². The van der Waals surface area contributed by atoms with Gasteiger partial charge in [0.15, 0.2) is 5.65 Å². The lowest BCUT2D eigenvalue weighted by molar-refractivity contribution is 0.562. The second kappa shape index (κ2) is 5.67. The highest BCUT2D eigenvalue weighted by molar-refractivity contribution is 6.30. The second-order valence-electron chi connectivity index (χ2n) is 6.03. The van der Waals surface area contributed by atoms with E-state index >= 15 is 0 Å². The highest BCUT2D eigenvalue weighted by Gasteiger charge is 2.18. The quantitative estimate of drug-likeness (QED) is 0.487. The number of rotatable bonds is 3. The first-order chi connectivity index (χ1) is 12.7. The van der Waals surface area contributed by atoms with Gasteiger partial charge in [0.05, 0.1) is 11.0 Å². The normalized spacial score (nSPS) is 11.6. The molecule has 0 bridgehead atoms. The molecule has 0 spiro atoms.